The molecule has 5 rings (SSSR count). The highest BCUT2D eigenvalue weighted by Crippen LogP contribution is 2.55. The molecule has 4 aliphatic carbocycles. The topological polar surface area (TPSA) is 71.3 Å². The predicted molar refractivity (Wildman–Crippen MR) is 89.8 cm³/mol. The van der Waals surface area contributed by atoms with Crippen molar-refractivity contribution in [3.63, 3.8) is 0 Å². The monoisotopic (exact) mass is 328 g/mol. The van der Waals surface area contributed by atoms with Crippen molar-refractivity contribution in [1.29, 1.82) is 0 Å². The van der Waals surface area contributed by atoms with Crippen LogP contribution in [0, 0.1) is 17.8 Å². The average molecular weight is 328 g/mol. The van der Waals surface area contributed by atoms with Gasteiger partial charge in [-0.3, -0.25) is 9.59 Å². The average Bonchev–Trinajstić information content (AvgIpc) is 3.02. The van der Waals surface area contributed by atoms with Crippen LogP contribution < -0.4 is 10.6 Å². The van der Waals surface area contributed by atoms with Crippen molar-refractivity contribution in [2.75, 3.05) is 6.54 Å². The van der Waals surface area contributed by atoms with Crippen LogP contribution in [0.1, 0.15) is 44.3 Å². The summed E-state index contributed by atoms with van der Waals surface area (Å²) in [7, 11) is 0. The lowest BCUT2D eigenvalue weighted by atomic mass is 9.53. The summed E-state index contributed by atoms with van der Waals surface area (Å²) in [6, 6.07) is 3.53. The van der Waals surface area contributed by atoms with Crippen molar-refractivity contribution in [1.82, 2.24) is 10.6 Å². The van der Waals surface area contributed by atoms with E-state index in [4.69, 9.17) is 4.42 Å². The molecule has 1 heterocycles. The van der Waals surface area contributed by atoms with E-state index in [9.17, 15) is 9.59 Å². The van der Waals surface area contributed by atoms with Crippen LogP contribution in [0.5, 0.6) is 0 Å². The maximum absolute atomic E-state index is 12.3. The predicted octanol–water partition coefficient (Wildman–Crippen LogP) is 2.49. The van der Waals surface area contributed by atoms with E-state index in [2.05, 4.69) is 10.6 Å². The summed E-state index contributed by atoms with van der Waals surface area (Å²) in [5.74, 6) is 2.64. The van der Waals surface area contributed by atoms with Crippen molar-refractivity contribution in [3.05, 3.63) is 30.2 Å². The summed E-state index contributed by atoms with van der Waals surface area (Å²) in [5.41, 5.74) is 0.000564. The Bertz CT molecular complexity index is 612. The first-order chi connectivity index (χ1) is 11.6. The highest BCUT2D eigenvalue weighted by molar-refractivity contribution is 5.94. The van der Waals surface area contributed by atoms with Gasteiger partial charge >= 0.3 is 0 Å². The SMILES string of the molecule is O=C(C=Cc1ccco1)NCC(=O)NC12CC3CC(CC(C3)C1)C2. The normalized spacial score (nSPS) is 33.8. The Morgan fingerprint density at radius 1 is 1.17 bits per heavy atom. The third kappa shape index (κ3) is 3.25. The minimum Gasteiger partial charge on any atom is -0.465 e. The van der Waals surface area contributed by atoms with Gasteiger partial charge in [0.25, 0.3) is 0 Å². The molecule has 0 saturated heterocycles. The number of rotatable bonds is 5. The van der Waals surface area contributed by atoms with E-state index in [1.54, 1.807) is 24.5 Å². The number of carbonyl (C=O) groups is 2. The van der Waals surface area contributed by atoms with Crippen LogP contribution in [0.2, 0.25) is 0 Å². The second-order valence-electron chi connectivity index (χ2n) is 7.81. The van der Waals surface area contributed by atoms with Crippen LogP contribution in [-0.4, -0.2) is 23.9 Å². The van der Waals surface area contributed by atoms with Crippen molar-refractivity contribution >= 4 is 17.9 Å². The smallest absolute Gasteiger partial charge is 0.244 e. The molecule has 4 bridgehead atoms. The molecular weight excluding hydrogens is 304 g/mol. The lowest BCUT2D eigenvalue weighted by Gasteiger charge is -2.56. The second kappa shape index (κ2) is 6.11. The summed E-state index contributed by atoms with van der Waals surface area (Å²) in [4.78, 5) is 24.1. The number of carbonyl (C=O) groups excluding carboxylic acids is 2. The van der Waals surface area contributed by atoms with Gasteiger partial charge in [-0.1, -0.05) is 0 Å². The van der Waals surface area contributed by atoms with E-state index in [1.165, 1.54) is 25.3 Å². The van der Waals surface area contributed by atoms with E-state index >= 15 is 0 Å². The molecule has 5 nitrogen and oxygen atoms in total. The fourth-order valence-corrected chi connectivity index (χ4v) is 5.37. The molecule has 4 fully saturated rings. The highest BCUT2D eigenvalue weighted by atomic mass is 16.3. The van der Waals surface area contributed by atoms with Crippen LogP contribution >= 0.6 is 0 Å². The molecule has 4 saturated carbocycles. The molecule has 128 valence electrons. The Morgan fingerprint density at radius 2 is 1.83 bits per heavy atom. The van der Waals surface area contributed by atoms with E-state index in [1.807, 2.05) is 0 Å². The van der Waals surface area contributed by atoms with E-state index < -0.39 is 0 Å². The molecule has 0 radical (unpaired) electrons. The molecular formula is C19H24N2O3. The van der Waals surface area contributed by atoms with Crippen molar-refractivity contribution < 1.29 is 14.0 Å². The quantitative estimate of drug-likeness (QED) is 0.816. The minimum atomic E-state index is -0.285. The first-order valence-electron chi connectivity index (χ1n) is 8.91. The molecule has 0 aromatic carbocycles. The van der Waals surface area contributed by atoms with Gasteiger partial charge in [0.2, 0.25) is 11.8 Å². The van der Waals surface area contributed by atoms with Crippen molar-refractivity contribution in [2.45, 2.75) is 44.1 Å². The zero-order valence-electron chi connectivity index (χ0n) is 13.8. The molecule has 5 heteroatoms. The molecule has 2 N–H and O–H groups in total. The van der Waals surface area contributed by atoms with Gasteiger partial charge in [0, 0.05) is 11.6 Å². The van der Waals surface area contributed by atoms with Gasteiger partial charge in [-0.15, -0.1) is 0 Å². The fraction of sp³-hybridized carbons (Fsp3) is 0.579. The van der Waals surface area contributed by atoms with Gasteiger partial charge in [-0.2, -0.15) is 0 Å². The standard InChI is InChI=1S/C19H24N2O3/c22-17(4-3-16-2-1-5-24-16)20-12-18(23)21-19-9-13-6-14(10-19)8-15(7-13)11-19/h1-5,13-15H,6-12H2,(H,20,22)(H,21,23). The molecule has 0 atom stereocenters. The Kier molecular flexibility index (Phi) is 3.94. The summed E-state index contributed by atoms with van der Waals surface area (Å²) < 4.78 is 5.12. The van der Waals surface area contributed by atoms with Gasteiger partial charge in [0.1, 0.15) is 5.76 Å². The first kappa shape index (κ1) is 15.5. The molecule has 0 aliphatic heterocycles. The zero-order valence-corrected chi connectivity index (χ0v) is 13.8. The summed E-state index contributed by atoms with van der Waals surface area (Å²) in [6.45, 7) is 0.0308. The van der Waals surface area contributed by atoms with E-state index in [0.29, 0.717) is 5.76 Å². The van der Waals surface area contributed by atoms with Crippen LogP contribution in [0.3, 0.4) is 0 Å². The van der Waals surface area contributed by atoms with Gasteiger partial charge in [-0.05, 0) is 74.5 Å². The number of hydrogen-bond donors (Lipinski definition) is 2. The van der Waals surface area contributed by atoms with Gasteiger partial charge in [-0.25, -0.2) is 0 Å². The van der Waals surface area contributed by atoms with Gasteiger partial charge in [0.15, 0.2) is 0 Å². The summed E-state index contributed by atoms with van der Waals surface area (Å²) >= 11 is 0. The number of nitrogens with one attached hydrogen (secondary N) is 2. The molecule has 2 amide bonds. The third-order valence-corrected chi connectivity index (χ3v) is 5.81. The fourth-order valence-electron chi connectivity index (χ4n) is 5.37. The second-order valence-corrected chi connectivity index (χ2v) is 7.81. The largest absolute Gasteiger partial charge is 0.465 e. The third-order valence-electron chi connectivity index (χ3n) is 5.81. The number of amides is 2. The Balaban J connectivity index is 1.27. The van der Waals surface area contributed by atoms with E-state index in [0.717, 1.165) is 37.0 Å². The molecule has 1 aromatic rings. The number of hydrogen-bond acceptors (Lipinski definition) is 3. The van der Waals surface area contributed by atoms with Crippen LogP contribution in [0.4, 0.5) is 0 Å². The Labute approximate surface area is 141 Å². The summed E-state index contributed by atoms with van der Waals surface area (Å²) in [6.07, 6.45) is 11.9. The molecule has 4 aliphatic rings. The lowest BCUT2D eigenvalue weighted by molar-refractivity contribution is -0.128. The summed E-state index contributed by atoms with van der Waals surface area (Å²) in [5, 5.41) is 5.90. The number of furan rings is 1. The lowest BCUT2D eigenvalue weighted by Crippen LogP contribution is -2.60. The van der Waals surface area contributed by atoms with Crippen LogP contribution in [0.15, 0.2) is 28.9 Å². The van der Waals surface area contributed by atoms with Gasteiger partial charge in [0.05, 0.1) is 12.8 Å². The molecule has 1 aromatic heterocycles. The molecule has 24 heavy (non-hydrogen) atoms. The van der Waals surface area contributed by atoms with Gasteiger partial charge < -0.3 is 15.1 Å². The Hall–Kier alpha value is -2.04. The van der Waals surface area contributed by atoms with Crippen LogP contribution in [0.25, 0.3) is 6.08 Å². The highest BCUT2D eigenvalue weighted by Gasteiger charge is 2.51. The first-order valence-corrected chi connectivity index (χ1v) is 8.91. The maximum atomic E-state index is 12.3. The van der Waals surface area contributed by atoms with Crippen molar-refractivity contribution in [2.24, 2.45) is 17.8 Å². The molecule has 0 spiro atoms. The zero-order chi connectivity index (χ0) is 16.6. The maximum Gasteiger partial charge on any atom is 0.244 e. The van der Waals surface area contributed by atoms with Crippen molar-refractivity contribution in [3.8, 4) is 0 Å². The van der Waals surface area contributed by atoms with E-state index in [-0.39, 0.29) is 23.9 Å². The minimum absolute atomic E-state index is 0.000564. The van der Waals surface area contributed by atoms with Crippen LogP contribution in [-0.2, 0) is 9.59 Å². The Morgan fingerprint density at radius 3 is 2.42 bits per heavy atom. The molecule has 0 unspecified atom stereocenters.